The van der Waals surface area contributed by atoms with E-state index < -0.39 is 5.97 Å². The number of nitrogens with two attached hydrogens (primary N) is 2. The maximum Gasteiger partial charge on any atom is 0.346 e. The second kappa shape index (κ2) is 5.23. The predicted molar refractivity (Wildman–Crippen MR) is 71.7 cm³/mol. The van der Waals surface area contributed by atoms with Crippen molar-refractivity contribution < 1.29 is 9.90 Å². The Balaban J connectivity index is 2.11. The van der Waals surface area contributed by atoms with Gasteiger partial charge in [-0.25, -0.2) is 14.8 Å². The summed E-state index contributed by atoms with van der Waals surface area (Å²) in [6.07, 6.45) is 0. The van der Waals surface area contributed by atoms with Crippen LogP contribution < -0.4 is 11.5 Å². The highest BCUT2D eigenvalue weighted by Crippen LogP contribution is 2.26. The van der Waals surface area contributed by atoms with Gasteiger partial charge in [0.25, 0.3) is 0 Å². The number of hydrogen-bond donors (Lipinski definition) is 3. The smallest absolute Gasteiger partial charge is 0.346 e. The fourth-order valence-corrected chi connectivity index (χ4v) is 3.02. The Morgan fingerprint density at radius 1 is 1.39 bits per heavy atom. The van der Waals surface area contributed by atoms with E-state index in [1.54, 1.807) is 11.4 Å². The third-order valence-corrected chi connectivity index (χ3v) is 3.88. The molecule has 0 saturated carbocycles. The molecule has 0 fully saturated rings. The first-order chi connectivity index (χ1) is 8.56. The van der Waals surface area contributed by atoms with Crippen molar-refractivity contribution in [2.75, 3.05) is 11.5 Å². The number of aromatic carboxylic acids is 1. The summed E-state index contributed by atoms with van der Waals surface area (Å²) in [6, 6.07) is 3.24. The van der Waals surface area contributed by atoms with Gasteiger partial charge in [0.15, 0.2) is 5.16 Å². The number of aromatic nitrogens is 2. The van der Waals surface area contributed by atoms with Crippen molar-refractivity contribution in [2.45, 2.75) is 10.9 Å². The maximum absolute atomic E-state index is 10.9. The highest BCUT2D eigenvalue weighted by atomic mass is 32.2. The van der Waals surface area contributed by atoms with Crippen molar-refractivity contribution in [3.63, 3.8) is 0 Å². The maximum atomic E-state index is 10.9. The van der Waals surface area contributed by atoms with Gasteiger partial charge in [-0.2, -0.15) is 0 Å². The molecule has 5 N–H and O–H groups in total. The molecule has 0 bridgehead atoms. The van der Waals surface area contributed by atoms with E-state index in [1.165, 1.54) is 29.2 Å². The zero-order valence-corrected chi connectivity index (χ0v) is 10.8. The summed E-state index contributed by atoms with van der Waals surface area (Å²) in [5.74, 6) is 0.143. The summed E-state index contributed by atoms with van der Waals surface area (Å²) in [7, 11) is 0. The van der Waals surface area contributed by atoms with E-state index >= 15 is 0 Å². The molecule has 0 aliphatic heterocycles. The molecule has 0 aliphatic carbocycles. The Morgan fingerprint density at radius 3 is 2.67 bits per heavy atom. The topological polar surface area (TPSA) is 115 Å². The molecule has 0 aromatic carbocycles. The molecule has 0 radical (unpaired) electrons. The minimum absolute atomic E-state index is 0.300. The van der Waals surface area contributed by atoms with Crippen molar-refractivity contribution in [1.82, 2.24) is 9.97 Å². The van der Waals surface area contributed by atoms with E-state index in [2.05, 4.69) is 9.97 Å². The monoisotopic (exact) mass is 282 g/mol. The Morgan fingerprint density at radius 2 is 2.06 bits per heavy atom. The number of carboxylic acid groups (broad SMARTS) is 1. The van der Waals surface area contributed by atoms with Crippen LogP contribution in [0.15, 0.2) is 22.7 Å². The van der Waals surface area contributed by atoms with Gasteiger partial charge in [0.05, 0.1) is 0 Å². The van der Waals surface area contributed by atoms with Gasteiger partial charge in [-0.1, -0.05) is 11.8 Å². The van der Waals surface area contributed by atoms with Crippen LogP contribution in [-0.2, 0) is 5.75 Å². The summed E-state index contributed by atoms with van der Waals surface area (Å²) >= 11 is 2.50. The molecule has 0 atom stereocenters. The summed E-state index contributed by atoms with van der Waals surface area (Å²) in [5, 5.41) is 11.2. The molecule has 2 aromatic rings. The van der Waals surface area contributed by atoms with Crippen LogP contribution in [-0.4, -0.2) is 21.0 Å². The number of hydrogen-bond acceptors (Lipinski definition) is 7. The Hall–Kier alpha value is -1.80. The number of anilines is 2. The first-order valence-corrected chi connectivity index (χ1v) is 6.75. The van der Waals surface area contributed by atoms with Crippen molar-refractivity contribution >= 4 is 40.7 Å². The minimum Gasteiger partial charge on any atom is -0.477 e. The first-order valence-electron chi connectivity index (χ1n) is 4.89. The lowest BCUT2D eigenvalue weighted by atomic mass is 10.3. The van der Waals surface area contributed by atoms with Crippen molar-refractivity contribution in [2.24, 2.45) is 0 Å². The third-order valence-electron chi connectivity index (χ3n) is 2.04. The number of carbonyl (C=O) groups is 1. The number of thioether (sulfide) groups is 1. The predicted octanol–water partition coefficient (Wildman–Crippen LogP) is 1.69. The van der Waals surface area contributed by atoms with E-state index in [9.17, 15) is 4.79 Å². The van der Waals surface area contributed by atoms with Crippen LogP contribution in [0.4, 0.5) is 11.6 Å². The average molecular weight is 282 g/mol. The summed E-state index contributed by atoms with van der Waals surface area (Å²) in [6.45, 7) is 0. The largest absolute Gasteiger partial charge is 0.477 e. The quantitative estimate of drug-likeness (QED) is 0.577. The molecule has 0 spiro atoms. The lowest BCUT2D eigenvalue weighted by Gasteiger charge is -2.02. The fraction of sp³-hybridized carbons (Fsp3) is 0.100. The molecule has 8 heteroatoms. The number of nitrogen functional groups attached to an aromatic ring is 2. The first kappa shape index (κ1) is 12.7. The Bertz CT molecular complexity index is 565. The molecular formula is C10H10N4O2S2. The normalized spacial score (nSPS) is 10.4. The molecular weight excluding hydrogens is 272 g/mol. The lowest BCUT2D eigenvalue weighted by Crippen LogP contribution is -2.00. The second-order valence-electron chi connectivity index (χ2n) is 3.37. The van der Waals surface area contributed by atoms with Gasteiger partial charge in [0, 0.05) is 11.8 Å². The van der Waals surface area contributed by atoms with Crippen molar-refractivity contribution in [3.8, 4) is 0 Å². The lowest BCUT2D eigenvalue weighted by molar-refractivity contribution is 0.0701. The van der Waals surface area contributed by atoms with Crippen LogP contribution in [0, 0.1) is 0 Å². The van der Waals surface area contributed by atoms with Gasteiger partial charge in [0.1, 0.15) is 16.5 Å². The number of rotatable bonds is 4. The van der Waals surface area contributed by atoms with Crippen LogP contribution in [0.2, 0.25) is 0 Å². The molecule has 0 amide bonds. The molecule has 18 heavy (non-hydrogen) atoms. The molecule has 94 valence electrons. The van der Waals surface area contributed by atoms with Crippen LogP contribution in [0.1, 0.15) is 15.2 Å². The van der Waals surface area contributed by atoms with Crippen LogP contribution in [0.5, 0.6) is 0 Å². The van der Waals surface area contributed by atoms with Gasteiger partial charge >= 0.3 is 5.97 Å². The Labute approximate surface area is 111 Å². The third kappa shape index (κ3) is 2.90. The van der Waals surface area contributed by atoms with E-state index in [0.29, 0.717) is 27.4 Å². The minimum atomic E-state index is -0.923. The average Bonchev–Trinajstić information content (AvgIpc) is 2.73. The van der Waals surface area contributed by atoms with E-state index in [0.717, 1.165) is 5.56 Å². The van der Waals surface area contributed by atoms with E-state index in [1.807, 2.05) is 0 Å². The van der Waals surface area contributed by atoms with E-state index in [4.69, 9.17) is 16.6 Å². The van der Waals surface area contributed by atoms with Gasteiger partial charge < -0.3 is 16.6 Å². The standard InChI is InChI=1S/C10H10N4O2S2/c11-6-3-7(12)14-10(13-6)18-4-5-1-2-17-8(5)9(15)16/h1-3H,4H2,(H,15,16)(H4,11,12,13,14). The van der Waals surface area contributed by atoms with Crippen molar-refractivity contribution in [1.29, 1.82) is 0 Å². The molecule has 0 saturated heterocycles. The van der Waals surface area contributed by atoms with Crippen LogP contribution in [0.3, 0.4) is 0 Å². The molecule has 2 aromatic heterocycles. The molecule has 0 aliphatic rings. The van der Waals surface area contributed by atoms with Crippen molar-refractivity contribution in [3.05, 3.63) is 28.0 Å². The number of thiophene rings is 1. The summed E-state index contributed by atoms with van der Waals surface area (Å²) in [4.78, 5) is 19.3. The Kier molecular flexibility index (Phi) is 3.68. The van der Waals surface area contributed by atoms with Crippen LogP contribution in [0.25, 0.3) is 0 Å². The molecule has 2 rings (SSSR count). The van der Waals surface area contributed by atoms with Gasteiger partial charge in [0.2, 0.25) is 0 Å². The number of carboxylic acids is 1. The fourth-order valence-electron chi connectivity index (χ4n) is 1.31. The highest BCUT2D eigenvalue weighted by Gasteiger charge is 2.12. The highest BCUT2D eigenvalue weighted by molar-refractivity contribution is 7.98. The SMILES string of the molecule is Nc1cc(N)nc(SCc2ccsc2C(=O)O)n1. The molecule has 0 unspecified atom stereocenters. The van der Waals surface area contributed by atoms with Crippen LogP contribution >= 0.6 is 23.1 Å². The van der Waals surface area contributed by atoms with Gasteiger partial charge in [-0.15, -0.1) is 11.3 Å². The zero-order chi connectivity index (χ0) is 13.1. The van der Waals surface area contributed by atoms with Gasteiger partial charge in [-0.05, 0) is 17.0 Å². The number of nitrogens with zero attached hydrogens (tertiary/aromatic N) is 2. The summed E-state index contributed by atoms with van der Waals surface area (Å²) in [5.41, 5.74) is 11.8. The molecule has 2 heterocycles. The molecule has 6 nitrogen and oxygen atoms in total. The summed E-state index contributed by atoms with van der Waals surface area (Å²) < 4.78 is 0. The zero-order valence-electron chi connectivity index (χ0n) is 9.16. The second-order valence-corrected chi connectivity index (χ2v) is 5.23. The van der Waals surface area contributed by atoms with Gasteiger partial charge in [-0.3, -0.25) is 0 Å². The van der Waals surface area contributed by atoms with E-state index in [-0.39, 0.29) is 0 Å².